The number of fused-ring (bicyclic) bond motifs is 2. The van der Waals surface area contributed by atoms with E-state index in [0.29, 0.717) is 19.0 Å². The van der Waals surface area contributed by atoms with E-state index in [0.717, 1.165) is 57.3 Å². The summed E-state index contributed by atoms with van der Waals surface area (Å²) in [5.74, 6) is 1.08. The van der Waals surface area contributed by atoms with Gasteiger partial charge >= 0.3 is 6.09 Å². The number of rotatable bonds is 3. The fourth-order valence-electron chi connectivity index (χ4n) is 4.71. The van der Waals surface area contributed by atoms with Crippen molar-refractivity contribution >= 4 is 27.9 Å². The highest BCUT2D eigenvalue weighted by molar-refractivity contribution is 5.93. The Morgan fingerprint density at radius 2 is 1.86 bits per heavy atom. The maximum atomic E-state index is 12.4. The monoisotopic (exact) mass is 473 g/mol. The van der Waals surface area contributed by atoms with Crippen molar-refractivity contribution in [1.82, 2.24) is 24.6 Å². The van der Waals surface area contributed by atoms with Gasteiger partial charge in [0.1, 0.15) is 11.4 Å². The molecule has 0 saturated carbocycles. The van der Waals surface area contributed by atoms with E-state index in [2.05, 4.69) is 23.3 Å². The maximum Gasteiger partial charge on any atom is 0.410 e. The first kappa shape index (κ1) is 23.1. The number of pyridine rings is 2. The molecular formula is C27H31N5O3. The van der Waals surface area contributed by atoms with Crippen LogP contribution in [0.1, 0.15) is 45.2 Å². The van der Waals surface area contributed by atoms with Crippen LogP contribution in [0.15, 0.2) is 42.7 Å². The second-order valence-electron chi connectivity index (χ2n) is 10.1. The third kappa shape index (κ3) is 4.65. The average molecular weight is 474 g/mol. The summed E-state index contributed by atoms with van der Waals surface area (Å²) < 4.78 is 13.0. The molecule has 0 spiro atoms. The summed E-state index contributed by atoms with van der Waals surface area (Å²) in [7, 11) is 3.58. The maximum absolute atomic E-state index is 12.4. The van der Waals surface area contributed by atoms with Gasteiger partial charge in [-0.15, -0.1) is 0 Å². The minimum Gasteiger partial charge on any atom is -0.495 e. The van der Waals surface area contributed by atoms with Crippen LogP contribution in [0.4, 0.5) is 4.79 Å². The number of amides is 1. The number of likely N-dealkylation sites (tertiary alicyclic amines) is 1. The number of piperidine rings is 1. The first-order chi connectivity index (χ1) is 16.7. The molecule has 8 heteroatoms. The number of aryl methyl sites for hydroxylation is 1. The van der Waals surface area contributed by atoms with Crippen LogP contribution >= 0.6 is 0 Å². The molecule has 1 aliphatic rings. The van der Waals surface area contributed by atoms with E-state index in [9.17, 15) is 4.79 Å². The molecule has 4 heterocycles. The van der Waals surface area contributed by atoms with E-state index < -0.39 is 5.60 Å². The van der Waals surface area contributed by atoms with E-state index in [4.69, 9.17) is 19.4 Å². The van der Waals surface area contributed by atoms with Gasteiger partial charge in [0.15, 0.2) is 0 Å². The minimum atomic E-state index is -0.479. The zero-order valence-corrected chi connectivity index (χ0v) is 20.9. The van der Waals surface area contributed by atoms with Gasteiger partial charge in [0.25, 0.3) is 0 Å². The lowest BCUT2D eigenvalue weighted by Gasteiger charge is -2.33. The molecule has 3 aromatic heterocycles. The molecule has 1 saturated heterocycles. The fraction of sp³-hybridized carbons (Fsp3) is 0.407. The van der Waals surface area contributed by atoms with Gasteiger partial charge in [-0.25, -0.2) is 4.79 Å². The standard InChI is InChI=1S/C27H31N5O3/c1-27(2,3)35-26(33)32-12-10-17(11-13-32)21-8-6-18-14-23(28-15-24(18)29-21)19-7-9-22-20(25(19)34-5)16-31(4)30-22/h6-9,14-17H,10-13H2,1-5H3. The van der Waals surface area contributed by atoms with Crippen molar-refractivity contribution in [3.8, 4) is 17.0 Å². The van der Waals surface area contributed by atoms with Crippen LogP contribution in [0.5, 0.6) is 5.75 Å². The zero-order valence-electron chi connectivity index (χ0n) is 20.9. The van der Waals surface area contributed by atoms with Crippen molar-refractivity contribution < 1.29 is 14.3 Å². The summed E-state index contributed by atoms with van der Waals surface area (Å²) in [4.78, 5) is 23.8. The van der Waals surface area contributed by atoms with Crippen LogP contribution in [0, 0.1) is 0 Å². The smallest absolute Gasteiger partial charge is 0.410 e. The lowest BCUT2D eigenvalue weighted by molar-refractivity contribution is 0.0204. The van der Waals surface area contributed by atoms with Crippen molar-refractivity contribution in [2.75, 3.05) is 20.2 Å². The minimum absolute atomic E-state index is 0.237. The Hall–Kier alpha value is -3.68. The van der Waals surface area contributed by atoms with E-state index in [1.165, 1.54) is 0 Å². The average Bonchev–Trinajstić information content (AvgIpc) is 3.22. The SMILES string of the molecule is COc1c(-c2cc3ccc(C4CCN(C(=O)OC(C)(C)C)CC4)nc3cn2)ccc2nn(C)cc12. The molecule has 0 aliphatic carbocycles. The first-order valence-corrected chi connectivity index (χ1v) is 12.0. The molecule has 0 bridgehead atoms. The number of aromatic nitrogens is 4. The normalized spacial score (nSPS) is 15.1. The quantitative estimate of drug-likeness (QED) is 0.401. The van der Waals surface area contributed by atoms with Crippen molar-refractivity contribution in [3.63, 3.8) is 0 Å². The van der Waals surface area contributed by atoms with Crippen LogP contribution in [0.2, 0.25) is 0 Å². The fourth-order valence-corrected chi connectivity index (χ4v) is 4.71. The molecular weight excluding hydrogens is 442 g/mol. The molecule has 182 valence electrons. The molecule has 0 radical (unpaired) electrons. The number of carbonyl (C=O) groups is 1. The van der Waals surface area contributed by atoms with Crippen molar-refractivity contribution in [1.29, 1.82) is 0 Å². The lowest BCUT2D eigenvalue weighted by atomic mass is 9.93. The van der Waals surface area contributed by atoms with Gasteiger partial charge in [-0.05, 0) is 57.9 Å². The predicted molar refractivity (Wildman–Crippen MR) is 136 cm³/mol. The lowest BCUT2D eigenvalue weighted by Crippen LogP contribution is -2.41. The number of nitrogens with zero attached hydrogens (tertiary/aromatic N) is 5. The Bertz CT molecular complexity index is 1400. The largest absolute Gasteiger partial charge is 0.495 e. The number of hydrogen-bond acceptors (Lipinski definition) is 6. The predicted octanol–water partition coefficient (Wildman–Crippen LogP) is 5.31. The van der Waals surface area contributed by atoms with Gasteiger partial charge in [-0.3, -0.25) is 14.6 Å². The van der Waals surface area contributed by atoms with Gasteiger partial charge in [-0.1, -0.05) is 6.07 Å². The van der Waals surface area contributed by atoms with E-state index >= 15 is 0 Å². The summed E-state index contributed by atoms with van der Waals surface area (Å²) in [6.45, 7) is 7.02. The third-order valence-electron chi connectivity index (χ3n) is 6.40. The molecule has 0 atom stereocenters. The second kappa shape index (κ2) is 8.83. The van der Waals surface area contributed by atoms with Crippen LogP contribution < -0.4 is 4.74 Å². The Morgan fingerprint density at radius 3 is 2.57 bits per heavy atom. The van der Waals surface area contributed by atoms with Gasteiger partial charge in [0, 0.05) is 48.9 Å². The second-order valence-corrected chi connectivity index (χ2v) is 10.1. The summed E-state index contributed by atoms with van der Waals surface area (Å²) in [6, 6.07) is 10.3. The summed E-state index contributed by atoms with van der Waals surface area (Å²) in [5, 5.41) is 6.45. The van der Waals surface area contributed by atoms with Crippen molar-refractivity contribution in [2.24, 2.45) is 7.05 Å². The Labute approximate surface area is 204 Å². The highest BCUT2D eigenvalue weighted by Crippen LogP contribution is 2.36. The Kier molecular flexibility index (Phi) is 5.83. The van der Waals surface area contributed by atoms with Gasteiger partial charge < -0.3 is 14.4 Å². The molecule has 4 aromatic rings. The Morgan fingerprint density at radius 1 is 1.09 bits per heavy atom. The molecule has 1 amide bonds. The summed E-state index contributed by atoms with van der Waals surface area (Å²) >= 11 is 0. The topological polar surface area (TPSA) is 82.4 Å². The molecule has 0 unspecified atom stereocenters. The molecule has 1 aliphatic heterocycles. The molecule has 0 N–H and O–H groups in total. The number of methoxy groups -OCH3 is 1. The van der Waals surface area contributed by atoms with Crippen LogP contribution in [-0.2, 0) is 11.8 Å². The number of hydrogen-bond donors (Lipinski definition) is 0. The van der Waals surface area contributed by atoms with Crippen LogP contribution in [0.3, 0.4) is 0 Å². The number of carbonyl (C=O) groups excluding carboxylic acids is 1. The molecule has 8 nitrogen and oxygen atoms in total. The molecule has 1 fully saturated rings. The van der Waals surface area contributed by atoms with Crippen LogP contribution in [-0.4, -0.2) is 56.5 Å². The van der Waals surface area contributed by atoms with Crippen molar-refractivity contribution in [2.45, 2.75) is 45.1 Å². The highest BCUT2D eigenvalue weighted by Gasteiger charge is 2.28. The number of benzene rings is 1. The summed E-state index contributed by atoms with van der Waals surface area (Å²) in [5.41, 5.74) is 4.08. The van der Waals surface area contributed by atoms with E-state index in [-0.39, 0.29) is 6.09 Å². The third-order valence-corrected chi connectivity index (χ3v) is 6.40. The van der Waals surface area contributed by atoms with Gasteiger partial charge in [0.2, 0.25) is 0 Å². The molecule has 1 aromatic carbocycles. The zero-order chi connectivity index (χ0) is 24.7. The molecule has 35 heavy (non-hydrogen) atoms. The van der Waals surface area contributed by atoms with E-state index in [1.807, 2.05) is 52.3 Å². The summed E-state index contributed by atoms with van der Waals surface area (Å²) in [6.07, 6.45) is 5.29. The molecule has 5 rings (SSSR count). The van der Waals surface area contributed by atoms with Crippen molar-refractivity contribution in [3.05, 3.63) is 48.4 Å². The van der Waals surface area contributed by atoms with Gasteiger partial charge in [0.05, 0.1) is 35.4 Å². The van der Waals surface area contributed by atoms with E-state index in [1.54, 1.807) is 16.7 Å². The number of ether oxygens (including phenoxy) is 2. The van der Waals surface area contributed by atoms with Crippen LogP contribution in [0.25, 0.3) is 33.1 Å². The van der Waals surface area contributed by atoms with Gasteiger partial charge in [-0.2, -0.15) is 5.10 Å². The Balaban J connectivity index is 1.36. The first-order valence-electron chi connectivity index (χ1n) is 12.0. The highest BCUT2D eigenvalue weighted by atomic mass is 16.6.